The van der Waals surface area contributed by atoms with Crippen molar-refractivity contribution in [1.29, 1.82) is 0 Å². The summed E-state index contributed by atoms with van der Waals surface area (Å²) in [5, 5.41) is 11.1. The topological polar surface area (TPSA) is 78.4 Å². The van der Waals surface area contributed by atoms with Gasteiger partial charge in [-0.05, 0) is 37.1 Å². The van der Waals surface area contributed by atoms with Gasteiger partial charge >= 0.3 is 5.69 Å². The van der Waals surface area contributed by atoms with E-state index >= 15 is 0 Å². The monoisotopic (exact) mass is 286 g/mol. The number of benzene rings is 2. The van der Waals surface area contributed by atoms with Crippen molar-refractivity contribution in [2.24, 2.45) is 5.73 Å². The van der Waals surface area contributed by atoms with E-state index in [-0.39, 0.29) is 17.5 Å². The predicted octanol–water partition coefficient (Wildman–Crippen LogP) is 4.11. The van der Waals surface area contributed by atoms with Crippen molar-refractivity contribution >= 4 is 5.69 Å². The maximum atomic E-state index is 11.1. The second kappa shape index (κ2) is 6.37. The Morgan fingerprint density at radius 2 is 1.90 bits per heavy atom. The van der Waals surface area contributed by atoms with Gasteiger partial charge in [0.05, 0.1) is 4.92 Å². The SMILES string of the molecule is CC[C@@H](N)c1ccc(Oc2cccc(C)c2[N+](=O)[O-])cc1. The first kappa shape index (κ1) is 15.0. The molecule has 0 fully saturated rings. The molecular formula is C16H18N2O3. The predicted molar refractivity (Wildman–Crippen MR) is 81.6 cm³/mol. The summed E-state index contributed by atoms with van der Waals surface area (Å²) >= 11 is 0. The van der Waals surface area contributed by atoms with E-state index in [9.17, 15) is 10.1 Å². The zero-order chi connectivity index (χ0) is 15.4. The number of nitro groups is 1. The van der Waals surface area contributed by atoms with Crippen molar-refractivity contribution in [1.82, 2.24) is 0 Å². The molecule has 0 radical (unpaired) electrons. The molecule has 0 saturated heterocycles. The highest BCUT2D eigenvalue weighted by Crippen LogP contribution is 2.34. The molecule has 0 aliphatic carbocycles. The van der Waals surface area contributed by atoms with Crippen molar-refractivity contribution in [3.8, 4) is 11.5 Å². The fraction of sp³-hybridized carbons (Fsp3) is 0.250. The lowest BCUT2D eigenvalue weighted by Crippen LogP contribution is -2.08. The molecule has 1 atom stereocenters. The van der Waals surface area contributed by atoms with Crippen LogP contribution in [0.3, 0.4) is 0 Å². The molecule has 0 aliphatic rings. The van der Waals surface area contributed by atoms with Crippen molar-refractivity contribution in [2.45, 2.75) is 26.3 Å². The summed E-state index contributed by atoms with van der Waals surface area (Å²) in [4.78, 5) is 10.7. The molecule has 21 heavy (non-hydrogen) atoms. The van der Waals surface area contributed by atoms with Crippen LogP contribution in [0, 0.1) is 17.0 Å². The average molecular weight is 286 g/mol. The first-order valence-electron chi connectivity index (χ1n) is 6.80. The van der Waals surface area contributed by atoms with Crippen LogP contribution in [0.1, 0.15) is 30.5 Å². The lowest BCUT2D eigenvalue weighted by atomic mass is 10.1. The first-order chi connectivity index (χ1) is 10.0. The van der Waals surface area contributed by atoms with Crippen LogP contribution in [0.5, 0.6) is 11.5 Å². The van der Waals surface area contributed by atoms with Crippen molar-refractivity contribution in [3.05, 3.63) is 63.7 Å². The summed E-state index contributed by atoms with van der Waals surface area (Å²) in [5.74, 6) is 0.795. The molecule has 2 aromatic rings. The summed E-state index contributed by atoms with van der Waals surface area (Å²) < 4.78 is 5.64. The molecule has 0 aromatic heterocycles. The molecule has 0 spiro atoms. The van der Waals surface area contributed by atoms with E-state index in [0.29, 0.717) is 11.3 Å². The minimum Gasteiger partial charge on any atom is -0.450 e. The Labute approximate surface area is 123 Å². The van der Waals surface area contributed by atoms with Gasteiger partial charge in [0, 0.05) is 11.6 Å². The van der Waals surface area contributed by atoms with Gasteiger partial charge in [0.25, 0.3) is 0 Å². The molecule has 0 unspecified atom stereocenters. The van der Waals surface area contributed by atoms with Gasteiger partial charge in [0.2, 0.25) is 5.75 Å². The van der Waals surface area contributed by atoms with Crippen molar-refractivity contribution < 1.29 is 9.66 Å². The van der Waals surface area contributed by atoms with Crippen LogP contribution in [0.4, 0.5) is 5.69 Å². The van der Waals surface area contributed by atoms with Gasteiger partial charge in [-0.15, -0.1) is 0 Å². The van der Waals surface area contributed by atoms with E-state index in [1.54, 1.807) is 37.3 Å². The molecule has 0 saturated carbocycles. The van der Waals surface area contributed by atoms with Crippen LogP contribution in [-0.2, 0) is 0 Å². The Morgan fingerprint density at radius 1 is 1.24 bits per heavy atom. The second-order valence-corrected chi connectivity index (χ2v) is 4.86. The molecule has 5 heteroatoms. The number of nitrogens with zero attached hydrogens (tertiary/aromatic N) is 1. The van der Waals surface area contributed by atoms with Crippen LogP contribution >= 0.6 is 0 Å². The largest absolute Gasteiger partial charge is 0.450 e. The van der Waals surface area contributed by atoms with Crippen LogP contribution in [0.15, 0.2) is 42.5 Å². The molecule has 0 amide bonds. The highest BCUT2D eigenvalue weighted by Gasteiger charge is 2.18. The summed E-state index contributed by atoms with van der Waals surface area (Å²) in [7, 11) is 0. The van der Waals surface area contributed by atoms with E-state index in [1.807, 2.05) is 19.1 Å². The third kappa shape index (κ3) is 3.38. The fourth-order valence-corrected chi connectivity index (χ4v) is 2.09. The molecule has 0 bridgehead atoms. The third-order valence-electron chi connectivity index (χ3n) is 3.36. The van der Waals surface area contributed by atoms with Crippen molar-refractivity contribution in [2.75, 3.05) is 0 Å². The maximum absolute atomic E-state index is 11.1. The third-order valence-corrected chi connectivity index (χ3v) is 3.36. The lowest BCUT2D eigenvalue weighted by Gasteiger charge is -2.11. The van der Waals surface area contributed by atoms with Crippen LogP contribution in [0.2, 0.25) is 0 Å². The molecule has 2 N–H and O–H groups in total. The number of nitro benzene ring substituents is 1. The van der Waals surface area contributed by atoms with Gasteiger partial charge in [-0.1, -0.05) is 31.2 Å². The smallest absolute Gasteiger partial charge is 0.314 e. The Kier molecular flexibility index (Phi) is 4.55. The highest BCUT2D eigenvalue weighted by molar-refractivity contribution is 5.53. The first-order valence-corrected chi connectivity index (χ1v) is 6.80. The van der Waals surface area contributed by atoms with Gasteiger partial charge in [0.1, 0.15) is 5.75 Å². The number of hydrogen-bond donors (Lipinski definition) is 1. The molecule has 5 nitrogen and oxygen atoms in total. The van der Waals surface area contributed by atoms with Crippen LogP contribution in [0.25, 0.3) is 0 Å². The van der Waals surface area contributed by atoms with Gasteiger partial charge in [0.15, 0.2) is 0 Å². The average Bonchev–Trinajstić information content (AvgIpc) is 2.47. The minimum absolute atomic E-state index is 0.00708. The zero-order valence-electron chi connectivity index (χ0n) is 12.1. The van der Waals surface area contributed by atoms with E-state index in [1.165, 1.54) is 0 Å². The Morgan fingerprint density at radius 3 is 2.48 bits per heavy atom. The number of para-hydroxylation sites is 1. The highest BCUT2D eigenvalue weighted by atomic mass is 16.6. The van der Waals surface area contributed by atoms with E-state index < -0.39 is 4.92 Å². The number of nitrogens with two attached hydrogens (primary N) is 1. The van der Waals surface area contributed by atoms with Crippen LogP contribution < -0.4 is 10.5 Å². The summed E-state index contributed by atoms with van der Waals surface area (Å²) in [6.07, 6.45) is 0.851. The Bertz CT molecular complexity index is 638. The van der Waals surface area contributed by atoms with Gasteiger partial charge in [-0.2, -0.15) is 0 Å². The molecule has 0 aliphatic heterocycles. The number of ether oxygens (including phenoxy) is 1. The fourth-order valence-electron chi connectivity index (χ4n) is 2.09. The number of hydrogen-bond acceptors (Lipinski definition) is 4. The quantitative estimate of drug-likeness (QED) is 0.662. The summed E-state index contributed by atoms with van der Waals surface area (Å²) in [6, 6.07) is 12.3. The van der Waals surface area contributed by atoms with E-state index in [0.717, 1.165) is 12.0 Å². The Balaban J connectivity index is 2.27. The lowest BCUT2D eigenvalue weighted by molar-refractivity contribution is -0.386. The number of aryl methyl sites for hydroxylation is 1. The van der Waals surface area contributed by atoms with Gasteiger partial charge < -0.3 is 10.5 Å². The maximum Gasteiger partial charge on any atom is 0.314 e. The molecule has 2 aromatic carbocycles. The minimum atomic E-state index is -0.425. The second-order valence-electron chi connectivity index (χ2n) is 4.86. The Hall–Kier alpha value is -2.40. The number of rotatable bonds is 5. The molecule has 2 rings (SSSR count). The summed E-state index contributed by atoms with van der Waals surface area (Å²) in [5.41, 5.74) is 7.53. The van der Waals surface area contributed by atoms with E-state index in [4.69, 9.17) is 10.5 Å². The van der Waals surface area contributed by atoms with E-state index in [2.05, 4.69) is 0 Å². The molecule has 110 valence electrons. The van der Waals surface area contributed by atoms with Gasteiger partial charge in [-0.3, -0.25) is 10.1 Å². The molecule has 0 heterocycles. The zero-order valence-corrected chi connectivity index (χ0v) is 12.1. The van der Waals surface area contributed by atoms with Crippen molar-refractivity contribution in [3.63, 3.8) is 0 Å². The van der Waals surface area contributed by atoms with Gasteiger partial charge in [-0.25, -0.2) is 0 Å². The molecular weight excluding hydrogens is 268 g/mol. The standard InChI is InChI=1S/C16H18N2O3/c1-3-14(17)12-7-9-13(10-8-12)21-15-6-4-5-11(2)16(15)18(19)20/h4-10,14H,3,17H2,1-2H3/t14-/m1/s1. The van der Waals surface area contributed by atoms with Crippen LogP contribution in [-0.4, -0.2) is 4.92 Å². The summed E-state index contributed by atoms with van der Waals surface area (Å²) in [6.45, 7) is 3.71. The normalized spacial score (nSPS) is 12.0.